The summed E-state index contributed by atoms with van der Waals surface area (Å²) in [4.78, 5) is 11.7. The molecule has 1 heterocycles. The Hall–Kier alpha value is -1.61. The van der Waals surface area contributed by atoms with Gasteiger partial charge in [-0.05, 0) is 44.4 Å². The minimum Gasteiger partial charge on any atom is -0.465 e. The Labute approximate surface area is 167 Å². The zero-order chi connectivity index (χ0) is 19.6. The lowest BCUT2D eigenvalue weighted by atomic mass is 9.94. The number of carbonyl (C=O) groups is 1. The van der Waals surface area contributed by atoms with E-state index >= 15 is 0 Å². The molecule has 0 saturated heterocycles. The van der Waals surface area contributed by atoms with E-state index in [9.17, 15) is 13.2 Å². The van der Waals surface area contributed by atoms with E-state index in [4.69, 9.17) is 27.9 Å². The lowest BCUT2D eigenvalue weighted by Gasteiger charge is -2.24. The van der Waals surface area contributed by atoms with Gasteiger partial charge in [0.25, 0.3) is 0 Å². The topological polar surface area (TPSA) is 90.3 Å². The average molecular weight is 432 g/mol. The average Bonchev–Trinajstić information content (AvgIpc) is 2.98. The fourth-order valence-electron chi connectivity index (χ4n) is 3.15. The summed E-state index contributed by atoms with van der Waals surface area (Å²) in [5.74, 6) is -0.375. The lowest BCUT2D eigenvalue weighted by molar-refractivity contribution is -0.144. The Morgan fingerprint density at radius 3 is 2.70 bits per heavy atom. The van der Waals surface area contributed by atoms with E-state index in [1.165, 1.54) is 18.2 Å². The van der Waals surface area contributed by atoms with Crippen molar-refractivity contribution in [2.75, 3.05) is 6.61 Å². The zero-order valence-electron chi connectivity index (χ0n) is 14.6. The van der Waals surface area contributed by atoms with E-state index in [1.54, 1.807) is 17.8 Å². The minimum absolute atomic E-state index is 0.00559. The SMILES string of the molecule is CCOC(=O)Cn1ncc2c1CCCC2NS(=O)(=O)c1cc(Cl)cc(Cl)c1. The zero-order valence-corrected chi connectivity index (χ0v) is 16.9. The third-order valence-corrected chi connectivity index (χ3v) is 6.18. The molecule has 10 heteroatoms. The lowest BCUT2D eigenvalue weighted by Crippen LogP contribution is -2.31. The van der Waals surface area contributed by atoms with Crippen LogP contribution in [0.15, 0.2) is 29.3 Å². The molecule has 0 saturated carbocycles. The molecule has 3 rings (SSSR count). The Bertz CT molecular complexity index is 939. The van der Waals surface area contributed by atoms with Gasteiger partial charge in [-0.15, -0.1) is 0 Å². The van der Waals surface area contributed by atoms with Crippen molar-refractivity contribution < 1.29 is 17.9 Å². The molecule has 1 aliphatic rings. The summed E-state index contributed by atoms with van der Waals surface area (Å²) in [5, 5.41) is 4.73. The Kier molecular flexibility index (Phi) is 6.10. The predicted molar refractivity (Wildman–Crippen MR) is 101 cm³/mol. The second-order valence-corrected chi connectivity index (χ2v) is 8.77. The predicted octanol–water partition coefficient (Wildman–Crippen LogP) is 3.11. The number of hydrogen-bond acceptors (Lipinski definition) is 5. The number of aromatic nitrogens is 2. The van der Waals surface area contributed by atoms with Gasteiger partial charge < -0.3 is 4.74 Å². The highest BCUT2D eigenvalue weighted by Crippen LogP contribution is 2.31. The van der Waals surface area contributed by atoms with E-state index in [-0.39, 0.29) is 27.5 Å². The molecule has 1 atom stereocenters. The van der Waals surface area contributed by atoms with Gasteiger partial charge in [-0.3, -0.25) is 9.48 Å². The molecule has 1 aromatic carbocycles. The number of rotatable bonds is 6. The number of fused-ring (bicyclic) bond motifs is 1. The maximum Gasteiger partial charge on any atom is 0.327 e. The number of nitrogens with zero attached hydrogens (tertiary/aromatic N) is 2. The Morgan fingerprint density at radius 2 is 2.04 bits per heavy atom. The van der Waals surface area contributed by atoms with Crippen LogP contribution in [0.5, 0.6) is 0 Å². The number of ether oxygens (including phenoxy) is 1. The molecule has 0 amide bonds. The summed E-state index contributed by atoms with van der Waals surface area (Å²) in [6.45, 7) is 2.04. The van der Waals surface area contributed by atoms with Gasteiger partial charge in [-0.25, -0.2) is 13.1 Å². The Balaban J connectivity index is 1.84. The molecule has 1 N–H and O–H groups in total. The molecule has 2 aromatic rings. The number of carbonyl (C=O) groups excluding carboxylic acids is 1. The van der Waals surface area contributed by atoms with Crippen LogP contribution in [0.2, 0.25) is 10.0 Å². The van der Waals surface area contributed by atoms with Gasteiger partial charge in [0, 0.05) is 21.3 Å². The molecule has 0 radical (unpaired) electrons. The van der Waals surface area contributed by atoms with E-state index in [1.807, 2.05) is 0 Å². The highest BCUT2D eigenvalue weighted by atomic mass is 35.5. The number of benzene rings is 1. The number of sulfonamides is 1. The van der Waals surface area contributed by atoms with Gasteiger partial charge in [-0.1, -0.05) is 23.2 Å². The van der Waals surface area contributed by atoms with Gasteiger partial charge >= 0.3 is 5.97 Å². The summed E-state index contributed by atoms with van der Waals surface area (Å²) < 4.78 is 34.7. The van der Waals surface area contributed by atoms with Crippen molar-refractivity contribution in [2.24, 2.45) is 0 Å². The first-order chi connectivity index (χ1) is 12.8. The molecule has 0 aliphatic heterocycles. The molecule has 1 aliphatic carbocycles. The number of nitrogens with one attached hydrogen (secondary N) is 1. The van der Waals surface area contributed by atoms with Crippen LogP contribution in [0.25, 0.3) is 0 Å². The van der Waals surface area contributed by atoms with Crippen LogP contribution in [0.4, 0.5) is 0 Å². The van der Waals surface area contributed by atoms with Crippen molar-refractivity contribution in [1.29, 1.82) is 0 Å². The quantitative estimate of drug-likeness (QED) is 0.709. The summed E-state index contributed by atoms with van der Waals surface area (Å²) in [6.07, 6.45) is 3.72. The summed E-state index contributed by atoms with van der Waals surface area (Å²) in [5.41, 5.74) is 1.60. The van der Waals surface area contributed by atoms with Gasteiger partial charge in [0.05, 0.1) is 23.7 Å². The maximum atomic E-state index is 12.8. The highest BCUT2D eigenvalue weighted by Gasteiger charge is 2.29. The molecule has 0 spiro atoms. The van der Waals surface area contributed by atoms with Crippen molar-refractivity contribution >= 4 is 39.2 Å². The van der Waals surface area contributed by atoms with Crippen LogP contribution < -0.4 is 4.72 Å². The van der Waals surface area contributed by atoms with E-state index in [0.717, 1.165) is 24.1 Å². The number of halogens is 2. The molecule has 146 valence electrons. The van der Waals surface area contributed by atoms with Crippen LogP contribution in [0, 0.1) is 0 Å². The molecule has 1 aromatic heterocycles. The molecule has 0 fully saturated rings. The van der Waals surface area contributed by atoms with E-state index in [2.05, 4.69) is 9.82 Å². The smallest absolute Gasteiger partial charge is 0.327 e. The van der Waals surface area contributed by atoms with Crippen molar-refractivity contribution in [1.82, 2.24) is 14.5 Å². The third kappa shape index (κ3) is 4.63. The third-order valence-electron chi connectivity index (χ3n) is 4.29. The second kappa shape index (κ2) is 8.18. The first-order valence-electron chi connectivity index (χ1n) is 8.49. The van der Waals surface area contributed by atoms with E-state index < -0.39 is 16.1 Å². The van der Waals surface area contributed by atoms with Gasteiger partial charge in [0.2, 0.25) is 10.0 Å². The first kappa shape index (κ1) is 20.1. The summed E-state index contributed by atoms with van der Waals surface area (Å²) >= 11 is 11.8. The fraction of sp³-hybridized carbons (Fsp3) is 0.412. The Morgan fingerprint density at radius 1 is 1.33 bits per heavy atom. The van der Waals surface area contributed by atoms with Crippen LogP contribution >= 0.6 is 23.2 Å². The van der Waals surface area contributed by atoms with Crippen molar-refractivity contribution in [3.05, 3.63) is 45.7 Å². The number of esters is 1. The van der Waals surface area contributed by atoms with E-state index in [0.29, 0.717) is 13.0 Å². The second-order valence-electron chi connectivity index (χ2n) is 6.18. The van der Waals surface area contributed by atoms with Crippen LogP contribution in [-0.4, -0.2) is 30.8 Å². The summed E-state index contributed by atoms with van der Waals surface area (Å²) in [6, 6.07) is 3.74. The van der Waals surface area contributed by atoms with Crippen LogP contribution in [0.1, 0.15) is 37.1 Å². The maximum absolute atomic E-state index is 12.8. The van der Waals surface area contributed by atoms with Gasteiger partial charge in [0.1, 0.15) is 6.54 Å². The highest BCUT2D eigenvalue weighted by molar-refractivity contribution is 7.89. The standard InChI is InChI=1S/C17H19Cl2N3O4S/c1-2-26-17(23)10-22-16-5-3-4-15(14(16)9-20-22)21-27(24,25)13-7-11(18)6-12(19)8-13/h6-9,15,21H,2-5,10H2,1H3. The summed E-state index contributed by atoms with van der Waals surface area (Å²) in [7, 11) is -3.82. The van der Waals surface area contributed by atoms with Crippen molar-refractivity contribution in [2.45, 2.75) is 43.7 Å². The number of hydrogen-bond donors (Lipinski definition) is 1. The first-order valence-corrected chi connectivity index (χ1v) is 10.7. The fourth-order valence-corrected chi connectivity index (χ4v) is 5.12. The van der Waals surface area contributed by atoms with Gasteiger partial charge in [-0.2, -0.15) is 5.10 Å². The minimum atomic E-state index is -3.82. The van der Waals surface area contributed by atoms with Crippen LogP contribution in [-0.2, 0) is 32.5 Å². The molecule has 0 bridgehead atoms. The van der Waals surface area contributed by atoms with Crippen molar-refractivity contribution in [3.8, 4) is 0 Å². The molecular weight excluding hydrogens is 413 g/mol. The normalized spacial score (nSPS) is 16.8. The molecule has 1 unspecified atom stereocenters. The van der Waals surface area contributed by atoms with Gasteiger partial charge in [0.15, 0.2) is 0 Å². The van der Waals surface area contributed by atoms with Crippen LogP contribution in [0.3, 0.4) is 0 Å². The molecular formula is C17H19Cl2N3O4S. The molecule has 27 heavy (non-hydrogen) atoms. The van der Waals surface area contributed by atoms with Crippen molar-refractivity contribution in [3.63, 3.8) is 0 Å². The molecule has 7 nitrogen and oxygen atoms in total. The largest absolute Gasteiger partial charge is 0.465 e. The monoisotopic (exact) mass is 431 g/mol.